The summed E-state index contributed by atoms with van der Waals surface area (Å²) in [6.07, 6.45) is 4.36. The molecule has 1 heterocycles. The van der Waals surface area contributed by atoms with E-state index >= 15 is 0 Å². The van der Waals surface area contributed by atoms with E-state index in [2.05, 4.69) is 5.32 Å². The van der Waals surface area contributed by atoms with E-state index in [0.717, 1.165) is 6.07 Å². The molecule has 2 amide bonds. The fourth-order valence-electron chi connectivity index (χ4n) is 4.18. The summed E-state index contributed by atoms with van der Waals surface area (Å²) in [5.41, 5.74) is 12.5. The van der Waals surface area contributed by atoms with Crippen molar-refractivity contribution in [2.75, 3.05) is 25.3 Å². The smallest absolute Gasteiger partial charge is 0.404 e. The van der Waals surface area contributed by atoms with Crippen molar-refractivity contribution in [3.8, 4) is 11.5 Å². The van der Waals surface area contributed by atoms with Gasteiger partial charge in [0.2, 0.25) is 0 Å². The van der Waals surface area contributed by atoms with Crippen molar-refractivity contribution < 1.29 is 38.8 Å². The van der Waals surface area contributed by atoms with Gasteiger partial charge in [-0.15, -0.1) is 0 Å². The van der Waals surface area contributed by atoms with Gasteiger partial charge in [0, 0.05) is 43.8 Å². The van der Waals surface area contributed by atoms with Crippen LogP contribution in [0.25, 0.3) is 6.08 Å². The third-order valence-corrected chi connectivity index (χ3v) is 6.35. The molecule has 0 spiro atoms. The van der Waals surface area contributed by atoms with Gasteiger partial charge < -0.3 is 41.2 Å². The van der Waals surface area contributed by atoms with Crippen LogP contribution in [0.4, 0.5) is 16.2 Å². The van der Waals surface area contributed by atoms with Crippen LogP contribution in [0, 0.1) is 5.92 Å². The number of methoxy groups -OCH3 is 2. The SMILES string of the molecule is COC1C/C(C)=C\c2c(N)c(O)cc(c2O)NC(=O)/C(C)=C/C=CC(OC)C(OC(N)=O)C(C)/C=C(\C)C1=O. The molecular formula is C28H37N3O8. The number of hydrogen-bond donors (Lipinski definition) is 5. The standard InChI is InChI=1S/C28H37N3O8/c1-14-10-18-23(29)20(32)13-19(25(18)34)31-27(35)15(2)8-7-9-21(37-5)26(39-28(30)36)17(4)12-16(3)24(33)22(11-14)38-6/h7-10,12-13,17,21-22,26,32,34H,11,29H2,1-6H3,(H2,30,36)(H,31,35)/b9-7?,14-10-,15-8+,16-12+. The van der Waals surface area contributed by atoms with Gasteiger partial charge in [-0.05, 0) is 32.4 Å². The zero-order valence-electron chi connectivity index (χ0n) is 23.0. The van der Waals surface area contributed by atoms with Gasteiger partial charge in [0.05, 0.1) is 11.4 Å². The van der Waals surface area contributed by atoms with Crippen LogP contribution in [-0.4, -0.2) is 60.5 Å². The lowest BCUT2D eigenvalue weighted by molar-refractivity contribution is -0.124. The minimum Gasteiger partial charge on any atom is -0.506 e. The lowest BCUT2D eigenvalue weighted by atomic mass is 9.93. The van der Waals surface area contributed by atoms with Crippen LogP contribution in [-0.2, 0) is 23.8 Å². The Hall–Kier alpha value is -4.09. The van der Waals surface area contributed by atoms with Crippen molar-refractivity contribution >= 4 is 35.2 Å². The van der Waals surface area contributed by atoms with Crippen LogP contribution in [0.3, 0.4) is 0 Å². The second-order valence-corrected chi connectivity index (χ2v) is 9.40. The second-order valence-electron chi connectivity index (χ2n) is 9.40. The van der Waals surface area contributed by atoms with Gasteiger partial charge in [0.1, 0.15) is 29.8 Å². The summed E-state index contributed by atoms with van der Waals surface area (Å²) in [5.74, 6) is -2.06. The average molecular weight is 544 g/mol. The van der Waals surface area contributed by atoms with Crippen LogP contribution in [0.1, 0.15) is 39.7 Å². The molecule has 1 aliphatic heterocycles. The molecule has 2 bridgehead atoms. The molecule has 2 rings (SSSR count). The minimum atomic E-state index is -1.01. The summed E-state index contributed by atoms with van der Waals surface area (Å²) in [6, 6.07) is 1.14. The predicted molar refractivity (Wildman–Crippen MR) is 148 cm³/mol. The second kappa shape index (κ2) is 13.6. The molecule has 0 saturated carbocycles. The number of rotatable bonds is 3. The van der Waals surface area contributed by atoms with Crippen molar-refractivity contribution in [2.45, 2.75) is 52.4 Å². The summed E-state index contributed by atoms with van der Waals surface area (Å²) in [4.78, 5) is 37.7. The number of aromatic hydroxyl groups is 2. The number of hydrogen-bond acceptors (Lipinski definition) is 9. The lowest BCUT2D eigenvalue weighted by Gasteiger charge is -2.27. The highest BCUT2D eigenvalue weighted by Crippen LogP contribution is 2.40. The van der Waals surface area contributed by atoms with Crippen LogP contribution in [0.2, 0.25) is 0 Å². The van der Waals surface area contributed by atoms with Crippen molar-refractivity contribution in [2.24, 2.45) is 11.7 Å². The fraction of sp³-hybridized carbons (Fsp3) is 0.393. The number of phenols is 2. The molecule has 39 heavy (non-hydrogen) atoms. The Balaban J connectivity index is 2.70. The molecular weight excluding hydrogens is 506 g/mol. The monoisotopic (exact) mass is 543 g/mol. The number of nitrogens with one attached hydrogen (secondary N) is 1. The zero-order chi connectivity index (χ0) is 29.4. The Bertz CT molecular complexity index is 1230. The number of carbonyl (C=O) groups excluding carboxylic acids is 3. The number of amides is 2. The number of anilines is 2. The van der Waals surface area contributed by atoms with E-state index in [9.17, 15) is 24.6 Å². The number of benzene rings is 1. The Labute approximate surface area is 227 Å². The van der Waals surface area contributed by atoms with E-state index < -0.39 is 36.2 Å². The molecule has 1 aromatic carbocycles. The van der Waals surface area contributed by atoms with Crippen LogP contribution >= 0.6 is 0 Å². The highest BCUT2D eigenvalue weighted by molar-refractivity contribution is 6.05. The molecule has 0 aliphatic carbocycles. The highest BCUT2D eigenvalue weighted by Gasteiger charge is 2.29. The molecule has 4 unspecified atom stereocenters. The van der Waals surface area contributed by atoms with E-state index in [0.29, 0.717) is 11.1 Å². The van der Waals surface area contributed by atoms with Gasteiger partial charge in [0.25, 0.3) is 5.91 Å². The van der Waals surface area contributed by atoms with Crippen molar-refractivity contribution in [3.63, 3.8) is 0 Å². The number of primary amides is 1. The first-order valence-corrected chi connectivity index (χ1v) is 12.2. The van der Waals surface area contributed by atoms with Crippen molar-refractivity contribution in [3.05, 3.63) is 52.7 Å². The van der Waals surface area contributed by atoms with E-state index in [1.807, 2.05) is 0 Å². The summed E-state index contributed by atoms with van der Waals surface area (Å²) in [6.45, 7) is 6.63. The molecule has 0 radical (unpaired) electrons. The summed E-state index contributed by atoms with van der Waals surface area (Å²) in [5, 5.41) is 23.8. The Morgan fingerprint density at radius 1 is 1.10 bits per heavy atom. The lowest BCUT2D eigenvalue weighted by Crippen LogP contribution is -2.38. The third-order valence-electron chi connectivity index (χ3n) is 6.35. The maximum Gasteiger partial charge on any atom is 0.404 e. The molecule has 7 N–H and O–H groups in total. The number of ether oxygens (including phenoxy) is 3. The van der Waals surface area contributed by atoms with Gasteiger partial charge >= 0.3 is 6.09 Å². The first kappa shape index (κ1) is 31.1. The molecule has 1 aliphatic rings. The molecule has 11 heteroatoms. The van der Waals surface area contributed by atoms with Gasteiger partial charge in [0.15, 0.2) is 5.78 Å². The molecule has 0 fully saturated rings. The first-order valence-electron chi connectivity index (χ1n) is 12.2. The maximum atomic E-state index is 13.3. The van der Waals surface area contributed by atoms with Gasteiger partial charge in [-0.1, -0.05) is 36.8 Å². The van der Waals surface area contributed by atoms with E-state index in [1.165, 1.54) is 26.4 Å². The largest absolute Gasteiger partial charge is 0.506 e. The first-order chi connectivity index (χ1) is 18.3. The van der Waals surface area contributed by atoms with Crippen LogP contribution in [0.5, 0.6) is 11.5 Å². The maximum absolute atomic E-state index is 13.3. The number of Topliss-reactive ketones (excluding diaryl/α,β-unsaturated/α-hetero) is 1. The molecule has 0 saturated heterocycles. The minimum absolute atomic E-state index is 0.0583. The van der Waals surface area contributed by atoms with E-state index in [-0.39, 0.29) is 46.2 Å². The fourth-order valence-corrected chi connectivity index (χ4v) is 4.18. The summed E-state index contributed by atoms with van der Waals surface area (Å²) in [7, 11) is 2.82. The number of carbonyl (C=O) groups is 3. The molecule has 212 valence electrons. The normalized spacial score (nSPS) is 27.4. The number of nitrogens with two attached hydrogens (primary N) is 2. The van der Waals surface area contributed by atoms with E-state index in [4.69, 9.17) is 25.7 Å². The number of fused-ring (bicyclic) bond motifs is 2. The molecule has 11 nitrogen and oxygen atoms in total. The highest BCUT2D eigenvalue weighted by atomic mass is 16.6. The van der Waals surface area contributed by atoms with Gasteiger partial charge in [-0.3, -0.25) is 9.59 Å². The van der Waals surface area contributed by atoms with Crippen LogP contribution in [0.15, 0.2) is 47.1 Å². The Morgan fingerprint density at radius 2 is 1.77 bits per heavy atom. The zero-order valence-corrected chi connectivity index (χ0v) is 23.0. The summed E-state index contributed by atoms with van der Waals surface area (Å²) >= 11 is 0. The quantitative estimate of drug-likeness (QED) is 0.216. The Kier molecular flexibility index (Phi) is 10.9. The third kappa shape index (κ3) is 7.95. The average Bonchev–Trinajstić information content (AvgIpc) is 2.88. The van der Waals surface area contributed by atoms with Gasteiger partial charge in [-0.2, -0.15) is 0 Å². The molecule has 0 aromatic heterocycles. The molecule has 1 aromatic rings. The number of ketones is 1. The topological polar surface area (TPSA) is 183 Å². The number of phenolic OH excluding ortho intramolecular Hbond substituents is 2. The number of nitrogen functional groups attached to an aromatic ring is 1. The predicted octanol–water partition coefficient (Wildman–Crippen LogP) is 3.57. The Morgan fingerprint density at radius 3 is 2.36 bits per heavy atom. The van der Waals surface area contributed by atoms with Gasteiger partial charge in [-0.25, -0.2) is 4.79 Å². The van der Waals surface area contributed by atoms with Crippen LogP contribution < -0.4 is 16.8 Å². The van der Waals surface area contributed by atoms with E-state index in [1.54, 1.807) is 45.9 Å². The summed E-state index contributed by atoms with van der Waals surface area (Å²) < 4.78 is 16.3. The van der Waals surface area contributed by atoms with Crippen molar-refractivity contribution in [1.29, 1.82) is 0 Å². The number of allylic oxidation sites excluding steroid dienone is 2. The van der Waals surface area contributed by atoms with Crippen molar-refractivity contribution in [1.82, 2.24) is 0 Å². The molecule has 4 atom stereocenters.